The monoisotopic (exact) mass is 262 g/mol. The predicted octanol–water partition coefficient (Wildman–Crippen LogP) is 2.81. The fourth-order valence-corrected chi connectivity index (χ4v) is 2.09. The predicted molar refractivity (Wildman–Crippen MR) is 72.3 cm³/mol. The summed E-state index contributed by atoms with van der Waals surface area (Å²) in [5.74, 6) is 1.21. The number of fused-ring (bicyclic) bond motifs is 1. The van der Waals surface area contributed by atoms with Crippen LogP contribution in [0, 0.1) is 0 Å². The summed E-state index contributed by atoms with van der Waals surface area (Å²) in [4.78, 5) is 11.6. The summed E-state index contributed by atoms with van der Waals surface area (Å²) in [5, 5.41) is 0. The quantitative estimate of drug-likeness (QED) is 0.783. The van der Waals surface area contributed by atoms with Crippen LogP contribution in [-0.2, 0) is 9.53 Å². The van der Waals surface area contributed by atoms with Crippen LogP contribution in [0.15, 0.2) is 24.3 Å². The number of carbonyl (C=O) groups excluding carboxylic acids is 1. The van der Waals surface area contributed by atoms with Crippen LogP contribution >= 0.6 is 0 Å². The molecule has 19 heavy (non-hydrogen) atoms. The Balaban J connectivity index is 2.21. The zero-order chi connectivity index (χ0) is 13.9. The van der Waals surface area contributed by atoms with Crippen LogP contribution in [-0.4, -0.2) is 25.3 Å². The molecule has 0 fully saturated rings. The van der Waals surface area contributed by atoms with Gasteiger partial charge >= 0.3 is 5.97 Å². The lowest BCUT2D eigenvalue weighted by Gasteiger charge is -2.31. The van der Waals surface area contributed by atoms with Crippen LogP contribution in [0.5, 0.6) is 11.5 Å². The van der Waals surface area contributed by atoms with Gasteiger partial charge in [-0.05, 0) is 38.1 Å². The van der Waals surface area contributed by atoms with Gasteiger partial charge in [-0.25, -0.2) is 0 Å². The van der Waals surface area contributed by atoms with Crippen LogP contribution in [0.3, 0.4) is 0 Å². The summed E-state index contributed by atoms with van der Waals surface area (Å²) in [7, 11) is 1.62. The number of hydrogen-bond donors (Lipinski definition) is 0. The molecule has 0 bridgehead atoms. The van der Waals surface area contributed by atoms with Crippen LogP contribution in [0.2, 0.25) is 0 Å². The van der Waals surface area contributed by atoms with Crippen molar-refractivity contribution in [3.8, 4) is 11.5 Å². The summed E-state index contributed by atoms with van der Waals surface area (Å²) in [6.45, 7) is 4.03. The first-order chi connectivity index (χ1) is 9.08. The van der Waals surface area contributed by atoms with E-state index in [4.69, 9.17) is 14.2 Å². The Morgan fingerprint density at radius 1 is 1.42 bits per heavy atom. The molecule has 1 atom stereocenters. The summed E-state index contributed by atoms with van der Waals surface area (Å²) in [6, 6.07) is 5.60. The van der Waals surface area contributed by atoms with Gasteiger partial charge in [-0.1, -0.05) is 6.07 Å². The molecule has 0 spiro atoms. The van der Waals surface area contributed by atoms with Crippen molar-refractivity contribution in [1.82, 2.24) is 0 Å². The summed E-state index contributed by atoms with van der Waals surface area (Å²) in [6.07, 6.45) is 3.99. The lowest BCUT2D eigenvalue weighted by atomic mass is 9.96. The number of ether oxygens (including phenoxy) is 3. The highest BCUT2D eigenvalue weighted by Crippen LogP contribution is 2.37. The van der Waals surface area contributed by atoms with Gasteiger partial charge in [0.15, 0.2) is 0 Å². The molecule has 4 nitrogen and oxygen atoms in total. The number of esters is 1. The minimum Gasteiger partial charge on any atom is -0.496 e. The second-order valence-corrected chi connectivity index (χ2v) is 4.60. The van der Waals surface area contributed by atoms with Crippen LogP contribution in [0.4, 0.5) is 0 Å². The molecule has 1 unspecified atom stereocenters. The highest BCUT2D eigenvalue weighted by Gasteiger charge is 2.31. The van der Waals surface area contributed by atoms with Crippen molar-refractivity contribution >= 4 is 12.0 Å². The Bertz CT molecular complexity index is 507. The summed E-state index contributed by atoms with van der Waals surface area (Å²) in [5.41, 5.74) is 0.220. The molecule has 1 aromatic carbocycles. The Kier molecular flexibility index (Phi) is 3.79. The third-order valence-corrected chi connectivity index (χ3v) is 2.99. The van der Waals surface area contributed by atoms with Gasteiger partial charge < -0.3 is 14.2 Å². The van der Waals surface area contributed by atoms with Gasteiger partial charge in [0.1, 0.15) is 17.1 Å². The zero-order valence-corrected chi connectivity index (χ0v) is 11.4. The highest BCUT2D eigenvalue weighted by atomic mass is 16.5. The van der Waals surface area contributed by atoms with Gasteiger partial charge in [0.2, 0.25) is 0 Å². The molecule has 0 saturated heterocycles. The van der Waals surface area contributed by atoms with E-state index in [-0.39, 0.29) is 12.4 Å². The van der Waals surface area contributed by atoms with Gasteiger partial charge in [0.05, 0.1) is 25.7 Å². The molecule has 0 saturated carbocycles. The normalized spacial score (nSPS) is 20.4. The van der Waals surface area contributed by atoms with E-state index < -0.39 is 5.60 Å². The Morgan fingerprint density at radius 2 is 2.21 bits per heavy atom. The largest absolute Gasteiger partial charge is 0.496 e. The third kappa shape index (κ3) is 2.89. The van der Waals surface area contributed by atoms with Crippen LogP contribution in [0.1, 0.15) is 25.8 Å². The van der Waals surface area contributed by atoms with Crippen molar-refractivity contribution in [3.63, 3.8) is 0 Å². The summed E-state index contributed by atoms with van der Waals surface area (Å²) < 4.78 is 16.2. The first-order valence-electron chi connectivity index (χ1n) is 6.29. The van der Waals surface area contributed by atoms with Crippen molar-refractivity contribution in [3.05, 3.63) is 29.8 Å². The van der Waals surface area contributed by atoms with Gasteiger partial charge in [-0.3, -0.25) is 4.79 Å². The maximum absolute atomic E-state index is 11.6. The second-order valence-electron chi connectivity index (χ2n) is 4.60. The van der Waals surface area contributed by atoms with Crippen LogP contribution < -0.4 is 9.47 Å². The fraction of sp³-hybridized carbons (Fsp3) is 0.400. The molecule has 1 heterocycles. The molecule has 1 aromatic rings. The second kappa shape index (κ2) is 5.34. The molecule has 0 radical (unpaired) electrons. The molecule has 102 valence electrons. The lowest BCUT2D eigenvalue weighted by molar-refractivity contribution is -0.146. The molecule has 2 rings (SSSR count). The lowest BCUT2D eigenvalue weighted by Crippen LogP contribution is -2.35. The Hall–Kier alpha value is -1.97. The van der Waals surface area contributed by atoms with Crippen molar-refractivity contribution < 1.29 is 19.0 Å². The minimum atomic E-state index is -0.675. The van der Waals surface area contributed by atoms with E-state index in [1.54, 1.807) is 14.0 Å². The van der Waals surface area contributed by atoms with Gasteiger partial charge in [-0.2, -0.15) is 0 Å². The molecule has 1 aliphatic rings. The van der Waals surface area contributed by atoms with Gasteiger partial charge in [0.25, 0.3) is 0 Å². The number of carbonyl (C=O) groups is 1. The molecular formula is C15H18O4. The number of methoxy groups -OCH3 is 1. The van der Waals surface area contributed by atoms with Gasteiger partial charge in [-0.15, -0.1) is 0 Å². The fourth-order valence-electron chi connectivity index (χ4n) is 2.09. The molecule has 4 heteroatoms. The first kappa shape index (κ1) is 13.5. The third-order valence-electron chi connectivity index (χ3n) is 2.99. The summed E-state index contributed by atoms with van der Waals surface area (Å²) >= 11 is 0. The number of rotatable bonds is 4. The molecular weight excluding hydrogens is 244 g/mol. The van der Waals surface area contributed by atoms with E-state index in [0.717, 1.165) is 11.3 Å². The zero-order valence-electron chi connectivity index (χ0n) is 11.4. The first-order valence-corrected chi connectivity index (χ1v) is 6.29. The molecule has 0 amide bonds. The van der Waals surface area contributed by atoms with Crippen molar-refractivity contribution in [1.29, 1.82) is 0 Å². The molecule has 0 N–H and O–H groups in total. The smallest absolute Gasteiger partial charge is 0.310 e. The van der Waals surface area contributed by atoms with E-state index >= 15 is 0 Å². The Morgan fingerprint density at radius 3 is 2.89 bits per heavy atom. The van der Waals surface area contributed by atoms with Crippen molar-refractivity contribution in [2.24, 2.45) is 0 Å². The van der Waals surface area contributed by atoms with Gasteiger partial charge in [0, 0.05) is 0 Å². The molecule has 0 aliphatic carbocycles. The van der Waals surface area contributed by atoms with E-state index in [1.807, 2.05) is 37.3 Å². The topological polar surface area (TPSA) is 44.8 Å². The average molecular weight is 262 g/mol. The maximum Gasteiger partial charge on any atom is 0.310 e. The standard InChI is InChI=1S/C15H18O4/c1-4-18-14(16)10-15(2)9-8-11-12(17-3)6-5-7-13(11)19-15/h5-9H,4,10H2,1-3H3. The Labute approximate surface area is 113 Å². The highest BCUT2D eigenvalue weighted by molar-refractivity contribution is 5.73. The molecule has 0 aromatic heterocycles. The minimum absolute atomic E-state index is 0.188. The van der Waals surface area contributed by atoms with E-state index in [2.05, 4.69) is 0 Å². The van der Waals surface area contributed by atoms with Crippen molar-refractivity contribution in [2.45, 2.75) is 25.9 Å². The van der Waals surface area contributed by atoms with E-state index in [0.29, 0.717) is 12.4 Å². The molecule has 1 aliphatic heterocycles. The van der Waals surface area contributed by atoms with Crippen molar-refractivity contribution in [2.75, 3.05) is 13.7 Å². The SMILES string of the molecule is CCOC(=O)CC1(C)C=Cc2c(OC)cccc2O1. The van der Waals surface area contributed by atoms with Crippen LogP contribution in [0.25, 0.3) is 6.08 Å². The maximum atomic E-state index is 11.6. The number of hydrogen-bond acceptors (Lipinski definition) is 4. The van der Waals surface area contributed by atoms with E-state index in [1.165, 1.54) is 0 Å². The van der Waals surface area contributed by atoms with E-state index in [9.17, 15) is 4.79 Å². The average Bonchev–Trinajstić information content (AvgIpc) is 2.37. The number of benzene rings is 1.